The zero-order chi connectivity index (χ0) is 26.5. The van der Waals surface area contributed by atoms with Gasteiger partial charge in [0.25, 0.3) is 0 Å². The van der Waals surface area contributed by atoms with Gasteiger partial charge in [-0.05, 0) is 63.0 Å². The van der Waals surface area contributed by atoms with Gasteiger partial charge in [-0.15, -0.1) is 0 Å². The minimum absolute atomic E-state index is 0.973. The summed E-state index contributed by atoms with van der Waals surface area (Å²) >= 11 is 0. The van der Waals surface area contributed by atoms with Gasteiger partial charge in [0.05, 0.1) is 16.9 Å². The second-order valence-electron chi connectivity index (χ2n) is 10.2. The SMILES string of the molecule is c1ccc(-c2cccc(-c3cccc(-c4nc5ccccc5c5c6ccccc6c6ccccc6c45)c3)c2)nc1. The average molecular weight is 509 g/mol. The van der Waals surface area contributed by atoms with Crippen LogP contribution in [-0.4, -0.2) is 9.97 Å². The van der Waals surface area contributed by atoms with Crippen LogP contribution in [0.1, 0.15) is 0 Å². The first-order valence-corrected chi connectivity index (χ1v) is 13.6. The fraction of sp³-hybridized carbons (Fsp3) is 0. The van der Waals surface area contributed by atoms with Crippen LogP contribution >= 0.6 is 0 Å². The molecule has 0 amide bonds. The minimum atomic E-state index is 0.973. The van der Waals surface area contributed by atoms with Crippen LogP contribution in [0.5, 0.6) is 0 Å². The third kappa shape index (κ3) is 3.58. The highest BCUT2D eigenvalue weighted by molar-refractivity contribution is 6.33. The van der Waals surface area contributed by atoms with Crippen LogP contribution in [0.25, 0.3) is 76.9 Å². The van der Waals surface area contributed by atoms with Crippen LogP contribution in [0.4, 0.5) is 0 Å². The van der Waals surface area contributed by atoms with Gasteiger partial charge in [0.15, 0.2) is 0 Å². The van der Waals surface area contributed by atoms with E-state index in [0.29, 0.717) is 0 Å². The first-order valence-electron chi connectivity index (χ1n) is 13.6. The number of fused-ring (bicyclic) bond motifs is 8. The van der Waals surface area contributed by atoms with Crippen LogP contribution in [0, 0.1) is 0 Å². The zero-order valence-electron chi connectivity index (χ0n) is 21.8. The lowest BCUT2D eigenvalue weighted by Gasteiger charge is -2.16. The molecule has 6 aromatic carbocycles. The van der Waals surface area contributed by atoms with E-state index in [1.807, 2.05) is 18.3 Å². The Morgan fingerprint density at radius 3 is 1.62 bits per heavy atom. The van der Waals surface area contributed by atoms with Crippen molar-refractivity contribution in [3.8, 4) is 33.6 Å². The fourth-order valence-corrected chi connectivity index (χ4v) is 6.07. The molecule has 0 aliphatic heterocycles. The van der Waals surface area contributed by atoms with E-state index in [2.05, 4.69) is 132 Å². The highest BCUT2D eigenvalue weighted by atomic mass is 14.7. The molecule has 0 bridgehead atoms. The molecule has 2 aromatic heterocycles. The Bertz CT molecular complexity index is 2210. The molecule has 40 heavy (non-hydrogen) atoms. The molecule has 0 N–H and O–H groups in total. The van der Waals surface area contributed by atoms with Crippen molar-refractivity contribution in [3.63, 3.8) is 0 Å². The van der Waals surface area contributed by atoms with Crippen LogP contribution in [-0.2, 0) is 0 Å². The molecule has 2 nitrogen and oxygen atoms in total. The van der Waals surface area contributed by atoms with Gasteiger partial charge in [-0.2, -0.15) is 0 Å². The van der Waals surface area contributed by atoms with E-state index >= 15 is 0 Å². The molecule has 0 aliphatic carbocycles. The maximum Gasteiger partial charge on any atom is 0.0794 e. The maximum absolute atomic E-state index is 5.32. The van der Waals surface area contributed by atoms with Gasteiger partial charge in [-0.3, -0.25) is 4.98 Å². The van der Waals surface area contributed by atoms with Crippen molar-refractivity contribution in [2.45, 2.75) is 0 Å². The predicted molar refractivity (Wildman–Crippen MR) is 168 cm³/mol. The van der Waals surface area contributed by atoms with E-state index in [4.69, 9.17) is 4.98 Å². The third-order valence-electron chi connectivity index (χ3n) is 7.87. The Hall–Kier alpha value is -5.34. The molecule has 2 heteroatoms. The van der Waals surface area contributed by atoms with Crippen molar-refractivity contribution < 1.29 is 0 Å². The highest BCUT2D eigenvalue weighted by Crippen LogP contribution is 2.43. The highest BCUT2D eigenvalue weighted by Gasteiger charge is 2.17. The lowest BCUT2D eigenvalue weighted by molar-refractivity contribution is 1.33. The van der Waals surface area contributed by atoms with E-state index in [1.54, 1.807) is 0 Å². The lowest BCUT2D eigenvalue weighted by Crippen LogP contribution is -1.93. The molecule has 0 fully saturated rings. The molecule has 2 heterocycles. The van der Waals surface area contributed by atoms with Gasteiger partial charge in [0, 0.05) is 33.5 Å². The number of hydrogen-bond acceptors (Lipinski definition) is 2. The van der Waals surface area contributed by atoms with Gasteiger partial charge < -0.3 is 0 Å². The van der Waals surface area contributed by atoms with Crippen LogP contribution in [0.15, 0.2) is 146 Å². The second kappa shape index (κ2) is 9.14. The lowest BCUT2D eigenvalue weighted by atomic mass is 9.89. The minimum Gasteiger partial charge on any atom is -0.256 e. The molecule has 0 saturated carbocycles. The number of pyridine rings is 2. The zero-order valence-corrected chi connectivity index (χ0v) is 21.8. The topological polar surface area (TPSA) is 25.8 Å². The largest absolute Gasteiger partial charge is 0.256 e. The Morgan fingerprint density at radius 1 is 0.375 bits per heavy atom. The van der Waals surface area contributed by atoms with Crippen LogP contribution in [0.2, 0.25) is 0 Å². The molecule has 8 aromatic rings. The Balaban J connectivity index is 1.43. The summed E-state index contributed by atoms with van der Waals surface area (Å²) in [5, 5.41) is 8.66. The van der Waals surface area contributed by atoms with Gasteiger partial charge in [-0.1, -0.05) is 109 Å². The summed E-state index contributed by atoms with van der Waals surface area (Å²) in [5.74, 6) is 0. The van der Waals surface area contributed by atoms with Crippen LogP contribution < -0.4 is 0 Å². The molecule has 0 saturated heterocycles. The molecular weight excluding hydrogens is 484 g/mol. The Morgan fingerprint density at radius 2 is 0.925 bits per heavy atom. The summed E-state index contributed by atoms with van der Waals surface area (Å²) in [5.41, 5.74) is 7.52. The molecule has 0 aliphatic rings. The molecule has 0 atom stereocenters. The number of hydrogen-bond donors (Lipinski definition) is 0. The van der Waals surface area contributed by atoms with E-state index < -0.39 is 0 Å². The molecule has 8 rings (SSSR count). The summed E-state index contributed by atoms with van der Waals surface area (Å²) in [6, 6.07) is 49.4. The summed E-state index contributed by atoms with van der Waals surface area (Å²) < 4.78 is 0. The molecule has 0 radical (unpaired) electrons. The number of nitrogens with zero attached hydrogens (tertiary/aromatic N) is 2. The quantitative estimate of drug-likeness (QED) is 0.222. The predicted octanol–water partition coefficient (Wildman–Crippen LogP) is 10.1. The molecule has 0 unspecified atom stereocenters. The summed E-state index contributed by atoms with van der Waals surface area (Å²) in [4.78, 5) is 9.88. The second-order valence-corrected chi connectivity index (χ2v) is 10.2. The summed E-state index contributed by atoms with van der Waals surface area (Å²) in [6.07, 6.45) is 1.84. The molecule has 0 spiro atoms. The Kier molecular flexibility index (Phi) is 5.17. The fourth-order valence-electron chi connectivity index (χ4n) is 6.07. The molecular formula is C38H24N2. The van der Waals surface area contributed by atoms with E-state index in [-0.39, 0.29) is 0 Å². The molecule has 186 valence electrons. The van der Waals surface area contributed by atoms with Crippen molar-refractivity contribution in [2.24, 2.45) is 0 Å². The number of para-hydroxylation sites is 1. The van der Waals surface area contributed by atoms with E-state index in [0.717, 1.165) is 39.2 Å². The normalized spacial score (nSPS) is 11.5. The van der Waals surface area contributed by atoms with Crippen molar-refractivity contribution in [1.29, 1.82) is 0 Å². The van der Waals surface area contributed by atoms with Crippen molar-refractivity contribution in [1.82, 2.24) is 9.97 Å². The first-order chi connectivity index (χ1) is 19.8. The van der Waals surface area contributed by atoms with Crippen molar-refractivity contribution >= 4 is 43.2 Å². The number of rotatable bonds is 3. The van der Waals surface area contributed by atoms with Crippen molar-refractivity contribution in [3.05, 3.63) is 146 Å². The maximum atomic E-state index is 5.32. The summed E-state index contributed by atoms with van der Waals surface area (Å²) in [7, 11) is 0. The monoisotopic (exact) mass is 508 g/mol. The van der Waals surface area contributed by atoms with Gasteiger partial charge in [0.2, 0.25) is 0 Å². The van der Waals surface area contributed by atoms with Gasteiger partial charge in [-0.25, -0.2) is 4.98 Å². The van der Waals surface area contributed by atoms with Crippen molar-refractivity contribution in [2.75, 3.05) is 0 Å². The third-order valence-corrected chi connectivity index (χ3v) is 7.87. The van der Waals surface area contributed by atoms with Gasteiger partial charge in [0.1, 0.15) is 0 Å². The number of benzene rings is 6. The first kappa shape index (κ1) is 22.6. The van der Waals surface area contributed by atoms with Gasteiger partial charge >= 0.3 is 0 Å². The summed E-state index contributed by atoms with van der Waals surface area (Å²) in [6.45, 7) is 0. The van der Waals surface area contributed by atoms with Crippen LogP contribution in [0.3, 0.4) is 0 Å². The van der Waals surface area contributed by atoms with E-state index in [9.17, 15) is 0 Å². The average Bonchev–Trinajstić information content (AvgIpc) is 3.05. The smallest absolute Gasteiger partial charge is 0.0794 e. The van der Waals surface area contributed by atoms with E-state index in [1.165, 1.54) is 37.7 Å². The number of aromatic nitrogens is 2. The Labute approximate surface area is 232 Å². The standard InChI is InChI=1S/C38H24N2/c1-3-17-31-29(15-1)30-16-2-4-18-32(30)37-36(31)33-19-5-6-21-35(33)40-38(37)28-14-10-12-26(24-28)25-11-9-13-27(23-25)34-20-7-8-22-39-34/h1-24H.